The largest absolute Gasteiger partial charge is 0.456 e. The van der Waals surface area contributed by atoms with Gasteiger partial charge in [0.05, 0.1) is 0 Å². The molecule has 0 N–H and O–H groups in total. The SMILES string of the molecule is c1ccc(-c2cc(-c3ccc4c(c3)oc3ccccc34)cc(-c3nc(-c4ccccc4)nc(-c4cccc5cc(-c6ccccc6)ccc45)n3)c2)cc1. The van der Waals surface area contributed by atoms with Crippen LogP contribution in [0.15, 0.2) is 192 Å². The van der Waals surface area contributed by atoms with Crippen molar-refractivity contribution in [3.05, 3.63) is 188 Å². The lowest BCUT2D eigenvalue weighted by molar-refractivity contribution is 0.669. The molecule has 0 spiro atoms. The molecule has 0 aliphatic carbocycles. The van der Waals surface area contributed by atoms with Gasteiger partial charge in [-0.15, -0.1) is 0 Å². The minimum Gasteiger partial charge on any atom is -0.456 e. The third-order valence-corrected chi connectivity index (χ3v) is 9.91. The average molecular weight is 678 g/mol. The first-order valence-corrected chi connectivity index (χ1v) is 17.8. The molecule has 2 heterocycles. The van der Waals surface area contributed by atoms with E-state index in [0.29, 0.717) is 17.5 Å². The second-order valence-electron chi connectivity index (χ2n) is 13.3. The van der Waals surface area contributed by atoms with Crippen molar-refractivity contribution in [1.82, 2.24) is 15.0 Å². The Morgan fingerprint density at radius 2 is 0.811 bits per heavy atom. The Balaban J connectivity index is 1.17. The highest BCUT2D eigenvalue weighted by Gasteiger charge is 2.17. The first-order chi connectivity index (χ1) is 26.2. The molecule has 0 aliphatic heterocycles. The molecule has 0 amide bonds. The van der Waals surface area contributed by atoms with Crippen LogP contribution in [0.1, 0.15) is 0 Å². The predicted octanol–water partition coefficient (Wildman–Crippen LogP) is 12.9. The molecule has 248 valence electrons. The summed E-state index contributed by atoms with van der Waals surface area (Å²) in [5, 5.41) is 4.43. The Bertz CT molecular complexity index is 2940. The van der Waals surface area contributed by atoms with Crippen molar-refractivity contribution in [2.45, 2.75) is 0 Å². The number of hydrogen-bond donors (Lipinski definition) is 0. The van der Waals surface area contributed by atoms with Crippen LogP contribution in [-0.4, -0.2) is 15.0 Å². The van der Waals surface area contributed by atoms with Crippen molar-refractivity contribution in [3.8, 4) is 67.5 Å². The van der Waals surface area contributed by atoms with Gasteiger partial charge in [-0.3, -0.25) is 0 Å². The van der Waals surface area contributed by atoms with Gasteiger partial charge in [0.1, 0.15) is 11.2 Å². The van der Waals surface area contributed by atoms with Crippen molar-refractivity contribution < 1.29 is 4.42 Å². The van der Waals surface area contributed by atoms with Crippen molar-refractivity contribution in [3.63, 3.8) is 0 Å². The quantitative estimate of drug-likeness (QED) is 0.176. The molecular weight excluding hydrogens is 647 g/mol. The number of nitrogens with zero attached hydrogens (tertiary/aromatic N) is 3. The Kier molecular flexibility index (Phi) is 7.43. The van der Waals surface area contributed by atoms with Crippen molar-refractivity contribution in [2.24, 2.45) is 0 Å². The minimum absolute atomic E-state index is 0.607. The van der Waals surface area contributed by atoms with Gasteiger partial charge in [-0.2, -0.15) is 0 Å². The molecule has 10 rings (SSSR count). The number of benzene rings is 8. The van der Waals surface area contributed by atoms with E-state index >= 15 is 0 Å². The van der Waals surface area contributed by atoms with E-state index < -0.39 is 0 Å². The van der Waals surface area contributed by atoms with Gasteiger partial charge in [0, 0.05) is 27.5 Å². The molecule has 4 nitrogen and oxygen atoms in total. The molecule has 8 aromatic carbocycles. The van der Waals surface area contributed by atoms with Gasteiger partial charge >= 0.3 is 0 Å². The predicted molar refractivity (Wildman–Crippen MR) is 217 cm³/mol. The topological polar surface area (TPSA) is 51.8 Å². The highest BCUT2D eigenvalue weighted by atomic mass is 16.3. The second kappa shape index (κ2) is 12.9. The molecule has 0 saturated carbocycles. The maximum absolute atomic E-state index is 6.31. The smallest absolute Gasteiger partial charge is 0.164 e. The zero-order chi connectivity index (χ0) is 35.1. The van der Waals surface area contributed by atoms with E-state index in [9.17, 15) is 0 Å². The molecule has 10 aromatic rings. The van der Waals surface area contributed by atoms with Crippen LogP contribution in [0.25, 0.3) is 100 Å². The second-order valence-corrected chi connectivity index (χ2v) is 13.3. The summed E-state index contributed by atoms with van der Waals surface area (Å²) in [6.45, 7) is 0. The Labute approximate surface area is 306 Å². The summed E-state index contributed by atoms with van der Waals surface area (Å²) in [5.74, 6) is 1.86. The van der Waals surface area contributed by atoms with E-state index in [1.165, 1.54) is 11.1 Å². The van der Waals surface area contributed by atoms with Gasteiger partial charge in [-0.1, -0.05) is 146 Å². The summed E-state index contributed by atoms with van der Waals surface area (Å²) in [5.41, 5.74) is 11.2. The van der Waals surface area contributed by atoms with E-state index in [1.807, 2.05) is 60.7 Å². The van der Waals surface area contributed by atoms with Gasteiger partial charge in [0.2, 0.25) is 0 Å². The lowest BCUT2D eigenvalue weighted by Crippen LogP contribution is -2.01. The summed E-state index contributed by atoms with van der Waals surface area (Å²) in [6, 6.07) is 65.3. The highest BCUT2D eigenvalue weighted by molar-refractivity contribution is 6.06. The summed E-state index contributed by atoms with van der Waals surface area (Å²) >= 11 is 0. The van der Waals surface area contributed by atoms with Crippen LogP contribution in [0.5, 0.6) is 0 Å². The molecule has 2 aromatic heterocycles. The van der Waals surface area contributed by atoms with Crippen LogP contribution in [-0.2, 0) is 0 Å². The summed E-state index contributed by atoms with van der Waals surface area (Å²) in [6.07, 6.45) is 0. The Hall–Kier alpha value is -7.17. The number of fused-ring (bicyclic) bond motifs is 4. The van der Waals surface area contributed by atoms with E-state index in [2.05, 4.69) is 127 Å². The normalized spacial score (nSPS) is 11.4. The summed E-state index contributed by atoms with van der Waals surface area (Å²) in [7, 11) is 0. The Morgan fingerprint density at radius 1 is 0.283 bits per heavy atom. The molecule has 0 aliphatic rings. The molecule has 4 heteroatoms. The van der Waals surface area contributed by atoms with E-state index in [-0.39, 0.29) is 0 Å². The lowest BCUT2D eigenvalue weighted by atomic mass is 9.95. The Morgan fingerprint density at radius 3 is 1.55 bits per heavy atom. The minimum atomic E-state index is 0.607. The zero-order valence-corrected chi connectivity index (χ0v) is 28.6. The average Bonchev–Trinajstić information content (AvgIpc) is 3.62. The molecule has 0 saturated heterocycles. The highest BCUT2D eigenvalue weighted by Crippen LogP contribution is 2.37. The van der Waals surface area contributed by atoms with Crippen molar-refractivity contribution in [2.75, 3.05) is 0 Å². The van der Waals surface area contributed by atoms with Crippen LogP contribution in [0.3, 0.4) is 0 Å². The molecule has 53 heavy (non-hydrogen) atoms. The van der Waals surface area contributed by atoms with Gasteiger partial charge in [0.15, 0.2) is 17.5 Å². The van der Waals surface area contributed by atoms with Crippen LogP contribution < -0.4 is 0 Å². The fourth-order valence-electron chi connectivity index (χ4n) is 7.26. The van der Waals surface area contributed by atoms with Crippen LogP contribution in [0, 0.1) is 0 Å². The van der Waals surface area contributed by atoms with Crippen LogP contribution in [0.4, 0.5) is 0 Å². The molecule has 0 bridgehead atoms. The lowest BCUT2D eigenvalue weighted by Gasteiger charge is -2.13. The number of furan rings is 1. The van der Waals surface area contributed by atoms with Crippen LogP contribution >= 0.6 is 0 Å². The standard InChI is InChI=1S/C49H31N3O/c1-4-13-32(14-5-1)35-23-25-41-37(27-35)19-12-21-44(41)49-51-47(34-17-8-3-9-18-34)50-48(52-49)40-29-38(33-15-6-2-7-16-33)28-39(30-40)36-24-26-43-42-20-10-11-22-45(42)53-46(43)31-36/h1-31H. The van der Waals surface area contributed by atoms with Gasteiger partial charge in [0.25, 0.3) is 0 Å². The molecule has 0 radical (unpaired) electrons. The van der Waals surface area contributed by atoms with E-state index in [1.54, 1.807) is 0 Å². The third kappa shape index (κ3) is 5.73. The molecule has 0 fully saturated rings. The monoisotopic (exact) mass is 677 g/mol. The summed E-state index contributed by atoms with van der Waals surface area (Å²) in [4.78, 5) is 15.5. The van der Waals surface area contributed by atoms with Crippen molar-refractivity contribution in [1.29, 1.82) is 0 Å². The van der Waals surface area contributed by atoms with Crippen LogP contribution in [0.2, 0.25) is 0 Å². The fourth-order valence-corrected chi connectivity index (χ4v) is 7.26. The fraction of sp³-hybridized carbons (Fsp3) is 0. The molecule has 0 unspecified atom stereocenters. The number of aromatic nitrogens is 3. The maximum Gasteiger partial charge on any atom is 0.164 e. The number of para-hydroxylation sites is 1. The van der Waals surface area contributed by atoms with Gasteiger partial charge in [-0.25, -0.2) is 15.0 Å². The maximum atomic E-state index is 6.31. The number of rotatable bonds is 6. The van der Waals surface area contributed by atoms with E-state index in [0.717, 1.165) is 71.7 Å². The third-order valence-electron chi connectivity index (χ3n) is 9.91. The number of hydrogen-bond acceptors (Lipinski definition) is 4. The van der Waals surface area contributed by atoms with Crippen molar-refractivity contribution >= 4 is 32.7 Å². The first kappa shape index (κ1) is 30.6. The summed E-state index contributed by atoms with van der Waals surface area (Å²) < 4.78 is 6.31. The first-order valence-electron chi connectivity index (χ1n) is 17.8. The van der Waals surface area contributed by atoms with Gasteiger partial charge in [-0.05, 0) is 86.6 Å². The zero-order valence-electron chi connectivity index (χ0n) is 28.6. The van der Waals surface area contributed by atoms with Gasteiger partial charge < -0.3 is 4.42 Å². The molecule has 0 atom stereocenters. The van der Waals surface area contributed by atoms with E-state index in [4.69, 9.17) is 19.4 Å². The molecular formula is C49H31N3O.